The molecule has 3 nitrogen and oxygen atoms in total. The zero-order valence-electron chi connectivity index (χ0n) is 6.71. The van der Waals surface area contributed by atoms with E-state index in [2.05, 4.69) is 0 Å². The number of ether oxygens (including phenoxy) is 2. The zero-order valence-corrected chi connectivity index (χ0v) is 6.71. The highest BCUT2D eigenvalue weighted by atomic mass is 16.6. The molecule has 2 unspecified atom stereocenters. The third-order valence-corrected chi connectivity index (χ3v) is 2.90. The summed E-state index contributed by atoms with van der Waals surface area (Å²) in [7, 11) is 0. The van der Waals surface area contributed by atoms with Crippen molar-refractivity contribution in [3.05, 3.63) is 0 Å². The molecule has 0 radical (unpaired) electrons. The van der Waals surface area contributed by atoms with Crippen molar-refractivity contribution in [2.45, 2.75) is 18.4 Å². The molecule has 2 aliphatic heterocycles. The molecular formula is C8H15NO2. The lowest BCUT2D eigenvalue weighted by Crippen LogP contribution is -2.39. The van der Waals surface area contributed by atoms with Gasteiger partial charge in [0, 0.05) is 25.6 Å². The van der Waals surface area contributed by atoms with E-state index in [9.17, 15) is 0 Å². The number of nitrogens with two attached hydrogens (primary N) is 1. The second-order valence-corrected chi connectivity index (χ2v) is 3.44. The Morgan fingerprint density at radius 1 is 1.45 bits per heavy atom. The van der Waals surface area contributed by atoms with Crippen LogP contribution in [0.25, 0.3) is 0 Å². The molecule has 0 aliphatic carbocycles. The summed E-state index contributed by atoms with van der Waals surface area (Å²) in [6, 6.07) is 0. The van der Waals surface area contributed by atoms with E-state index in [1.165, 1.54) is 0 Å². The van der Waals surface area contributed by atoms with Crippen LogP contribution in [0.1, 0.15) is 12.8 Å². The quantitative estimate of drug-likeness (QED) is 0.589. The van der Waals surface area contributed by atoms with Crippen LogP contribution < -0.4 is 5.73 Å². The van der Waals surface area contributed by atoms with Crippen LogP contribution >= 0.6 is 0 Å². The van der Waals surface area contributed by atoms with E-state index >= 15 is 0 Å². The SMILES string of the molecule is NCC1CCOC12CCOC2. The minimum Gasteiger partial charge on any atom is -0.378 e. The summed E-state index contributed by atoms with van der Waals surface area (Å²) in [5.41, 5.74) is 5.66. The number of rotatable bonds is 1. The van der Waals surface area contributed by atoms with Crippen LogP contribution in [0.15, 0.2) is 0 Å². The highest BCUT2D eigenvalue weighted by Gasteiger charge is 2.46. The third-order valence-electron chi connectivity index (χ3n) is 2.90. The highest BCUT2D eigenvalue weighted by Crippen LogP contribution is 2.37. The van der Waals surface area contributed by atoms with E-state index in [0.29, 0.717) is 5.92 Å². The lowest BCUT2D eigenvalue weighted by Gasteiger charge is -2.26. The van der Waals surface area contributed by atoms with Gasteiger partial charge in [0.1, 0.15) is 0 Å². The van der Waals surface area contributed by atoms with Crippen LogP contribution in [0.2, 0.25) is 0 Å². The predicted octanol–water partition coefficient (Wildman–Crippen LogP) is 0.141. The standard InChI is InChI=1S/C8H15NO2/c9-5-7-1-3-11-8(7)2-4-10-6-8/h7H,1-6,9H2. The van der Waals surface area contributed by atoms with E-state index in [-0.39, 0.29) is 5.60 Å². The topological polar surface area (TPSA) is 44.5 Å². The Hall–Kier alpha value is -0.120. The molecule has 2 atom stereocenters. The Balaban J connectivity index is 2.09. The summed E-state index contributed by atoms with van der Waals surface area (Å²) in [6.45, 7) is 3.21. The van der Waals surface area contributed by atoms with Crippen LogP contribution in [0.5, 0.6) is 0 Å². The molecule has 2 heterocycles. The molecule has 64 valence electrons. The Labute approximate surface area is 66.8 Å². The van der Waals surface area contributed by atoms with Crippen molar-refractivity contribution >= 4 is 0 Å². The van der Waals surface area contributed by atoms with Crippen molar-refractivity contribution in [1.82, 2.24) is 0 Å². The Morgan fingerprint density at radius 3 is 3.00 bits per heavy atom. The van der Waals surface area contributed by atoms with Crippen molar-refractivity contribution in [3.63, 3.8) is 0 Å². The van der Waals surface area contributed by atoms with Gasteiger partial charge in [0.25, 0.3) is 0 Å². The summed E-state index contributed by atoms with van der Waals surface area (Å²) < 4.78 is 11.0. The maximum Gasteiger partial charge on any atom is 0.0977 e. The molecule has 2 fully saturated rings. The molecule has 2 N–H and O–H groups in total. The van der Waals surface area contributed by atoms with Gasteiger partial charge in [-0.05, 0) is 13.0 Å². The average molecular weight is 157 g/mol. The van der Waals surface area contributed by atoms with Gasteiger partial charge in [-0.25, -0.2) is 0 Å². The molecule has 0 aromatic rings. The van der Waals surface area contributed by atoms with Crippen molar-refractivity contribution < 1.29 is 9.47 Å². The fourth-order valence-electron chi connectivity index (χ4n) is 2.12. The van der Waals surface area contributed by atoms with Crippen LogP contribution in [-0.2, 0) is 9.47 Å². The maximum absolute atomic E-state index is 5.70. The first-order valence-electron chi connectivity index (χ1n) is 4.29. The first-order chi connectivity index (χ1) is 5.37. The van der Waals surface area contributed by atoms with E-state index < -0.39 is 0 Å². The number of hydrogen-bond donors (Lipinski definition) is 1. The molecule has 3 heteroatoms. The van der Waals surface area contributed by atoms with Crippen LogP contribution in [0.3, 0.4) is 0 Å². The molecule has 0 aromatic carbocycles. The first-order valence-corrected chi connectivity index (χ1v) is 4.29. The lowest BCUT2D eigenvalue weighted by atomic mass is 9.87. The van der Waals surface area contributed by atoms with E-state index in [1.807, 2.05) is 0 Å². The fraction of sp³-hybridized carbons (Fsp3) is 1.00. The predicted molar refractivity (Wildman–Crippen MR) is 41.3 cm³/mol. The van der Waals surface area contributed by atoms with Gasteiger partial charge in [-0.15, -0.1) is 0 Å². The minimum atomic E-state index is 0.00868. The number of hydrogen-bond acceptors (Lipinski definition) is 3. The third kappa shape index (κ3) is 1.08. The van der Waals surface area contributed by atoms with Crippen molar-refractivity contribution in [2.24, 2.45) is 11.7 Å². The zero-order chi connectivity index (χ0) is 7.73. The Bertz CT molecular complexity index is 138. The molecule has 0 aromatic heterocycles. The highest BCUT2D eigenvalue weighted by molar-refractivity contribution is 4.95. The Morgan fingerprint density at radius 2 is 2.36 bits per heavy atom. The van der Waals surface area contributed by atoms with E-state index in [0.717, 1.165) is 39.2 Å². The fourth-order valence-corrected chi connectivity index (χ4v) is 2.12. The largest absolute Gasteiger partial charge is 0.378 e. The molecule has 0 amide bonds. The van der Waals surface area contributed by atoms with Gasteiger partial charge in [-0.1, -0.05) is 0 Å². The monoisotopic (exact) mass is 157 g/mol. The van der Waals surface area contributed by atoms with Gasteiger partial charge in [0.15, 0.2) is 0 Å². The van der Waals surface area contributed by atoms with Crippen molar-refractivity contribution in [3.8, 4) is 0 Å². The smallest absolute Gasteiger partial charge is 0.0977 e. The molecule has 0 saturated carbocycles. The van der Waals surface area contributed by atoms with Gasteiger partial charge in [0.05, 0.1) is 12.2 Å². The Kier molecular flexibility index (Phi) is 1.87. The average Bonchev–Trinajstić information content (AvgIpc) is 2.62. The second-order valence-electron chi connectivity index (χ2n) is 3.44. The second kappa shape index (κ2) is 2.73. The summed E-state index contributed by atoms with van der Waals surface area (Å²) >= 11 is 0. The summed E-state index contributed by atoms with van der Waals surface area (Å²) in [6.07, 6.45) is 2.15. The molecule has 1 spiro atoms. The lowest BCUT2D eigenvalue weighted by molar-refractivity contribution is -0.0252. The van der Waals surface area contributed by atoms with Crippen molar-refractivity contribution in [1.29, 1.82) is 0 Å². The van der Waals surface area contributed by atoms with Gasteiger partial charge in [0.2, 0.25) is 0 Å². The summed E-state index contributed by atoms with van der Waals surface area (Å²) in [4.78, 5) is 0. The van der Waals surface area contributed by atoms with Crippen LogP contribution in [-0.4, -0.2) is 32.0 Å². The minimum absolute atomic E-state index is 0.00868. The van der Waals surface area contributed by atoms with E-state index in [4.69, 9.17) is 15.2 Å². The first kappa shape index (κ1) is 7.53. The van der Waals surface area contributed by atoms with Gasteiger partial charge in [-0.2, -0.15) is 0 Å². The van der Waals surface area contributed by atoms with Crippen LogP contribution in [0.4, 0.5) is 0 Å². The van der Waals surface area contributed by atoms with E-state index in [1.54, 1.807) is 0 Å². The molecule has 11 heavy (non-hydrogen) atoms. The van der Waals surface area contributed by atoms with Crippen molar-refractivity contribution in [2.75, 3.05) is 26.4 Å². The molecule has 2 aliphatic rings. The molecule has 2 saturated heterocycles. The summed E-state index contributed by atoms with van der Waals surface area (Å²) in [5.74, 6) is 0.532. The van der Waals surface area contributed by atoms with Gasteiger partial charge in [-0.3, -0.25) is 0 Å². The molecule has 0 bridgehead atoms. The molecule has 2 rings (SSSR count). The summed E-state index contributed by atoms with van der Waals surface area (Å²) in [5, 5.41) is 0. The normalized spacial score (nSPS) is 43.9. The molecular weight excluding hydrogens is 142 g/mol. The maximum atomic E-state index is 5.70. The van der Waals surface area contributed by atoms with Crippen LogP contribution in [0, 0.1) is 5.92 Å². The van der Waals surface area contributed by atoms with Gasteiger partial charge < -0.3 is 15.2 Å². The van der Waals surface area contributed by atoms with Gasteiger partial charge >= 0.3 is 0 Å².